The Kier molecular flexibility index (Phi) is 1.49. The first-order chi connectivity index (χ1) is 8.40. The van der Waals surface area contributed by atoms with E-state index < -0.39 is 17.4 Å². The van der Waals surface area contributed by atoms with E-state index in [-0.39, 0.29) is 6.29 Å². The largest absolute Gasteiger partial charge is 0.321 e. The van der Waals surface area contributed by atoms with Gasteiger partial charge in [-0.2, -0.15) is 0 Å². The summed E-state index contributed by atoms with van der Waals surface area (Å²) in [7, 11) is 0. The van der Waals surface area contributed by atoms with Crippen LogP contribution in [0.1, 0.15) is 34.1 Å². The van der Waals surface area contributed by atoms with E-state index in [9.17, 15) is 0 Å². The molecule has 0 radical (unpaired) electrons. The van der Waals surface area contributed by atoms with Gasteiger partial charge in [0, 0.05) is 29.6 Å². The minimum absolute atomic E-state index is 0.131. The predicted octanol–water partition coefficient (Wildman–Crippen LogP) is 2.09. The van der Waals surface area contributed by atoms with E-state index >= 15 is 0 Å². The van der Waals surface area contributed by atoms with Crippen molar-refractivity contribution >= 4 is 0 Å². The van der Waals surface area contributed by atoms with E-state index in [4.69, 9.17) is 18.9 Å². The van der Waals surface area contributed by atoms with Gasteiger partial charge in [-0.15, -0.1) is 0 Å². The molecule has 100 valence electrons. The van der Waals surface area contributed by atoms with Gasteiger partial charge < -0.3 is 18.9 Å². The Morgan fingerprint density at radius 3 is 2.50 bits per heavy atom. The van der Waals surface area contributed by atoms with Crippen LogP contribution in [0.4, 0.5) is 0 Å². The number of ether oxygens (including phenoxy) is 4. The summed E-state index contributed by atoms with van der Waals surface area (Å²) in [5, 5.41) is 0. The van der Waals surface area contributed by atoms with Crippen LogP contribution in [0.3, 0.4) is 0 Å². The first kappa shape index (κ1) is 10.6. The average molecular weight is 252 g/mol. The standard InChI is InChI=1S/C14H20O4/c1-6(2)14-8-5-7-9-10(8)13(4,18-14)17-12(9,3)15-11(7)16-14/h6-11H,5H2,1-4H3/t7?,8?,9?,10?,11-,12-,13-,14-/m1/s1. The summed E-state index contributed by atoms with van der Waals surface area (Å²) >= 11 is 0. The minimum Gasteiger partial charge on any atom is -0.321 e. The van der Waals surface area contributed by atoms with E-state index in [1.54, 1.807) is 0 Å². The van der Waals surface area contributed by atoms with Crippen molar-refractivity contribution in [1.29, 1.82) is 0 Å². The molecule has 4 nitrogen and oxygen atoms in total. The second kappa shape index (κ2) is 2.53. The van der Waals surface area contributed by atoms with E-state index in [1.807, 2.05) is 0 Å². The molecular formula is C14H20O4. The van der Waals surface area contributed by atoms with Crippen molar-refractivity contribution in [2.24, 2.45) is 29.6 Å². The highest BCUT2D eigenvalue weighted by Gasteiger charge is 2.84. The Morgan fingerprint density at radius 2 is 1.78 bits per heavy atom. The molecule has 1 saturated carbocycles. The van der Waals surface area contributed by atoms with Gasteiger partial charge in [-0.05, 0) is 20.3 Å². The molecule has 1 aliphatic carbocycles. The fourth-order valence-electron chi connectivity index (χ4n) is 5.73. The second-order valence-electron chi connectivity index (χ2n) is 7.27. The van der Waals surface area contributed by atoms with Crippen molar-refractivity contribution in [1.82, 2.24) is 0 Å². The maximum absolute atomic E-state index is 6.38. The Hall–Kier alpha value is -0.160. The minimum atomic E-state index is -0.519. The summed E-state index contributed by atoms with van der Waals surface area (Å²) in [6.07, 6.45) is 1.04. The summed E-state index contributed by atoms with van der Waals surface area (Å²) in [6.45, 7) is 8.49. The van der Waals surface area contributed by atoms with Crippen molar-refractivity contribution < 1.29 is 18.9 Å². The summed E-state index contributed by atoms with van der Waals surface area (Å²) in [5.74, 6) is 0.673. The highest BCUT2D eigenvalue weighted by Crippen LogP contribution is 2.75. The van der Waals surface area contributed by atoms with Crippen LogP contribution in [0.2, 0.25) is 0 Å². The predicted molar refractivity (Wildman–Crippen MR) is 61.1 cm³/mol. The molecule has 0 aromatic rings. The second-order valence-corrected chi connectivity index (χ2v) is 7.27. The SMILES string of the molecule is CC(C)[C@@]12O[C@H]3O[C@]4(C)O[C@](C)(O1)C1C4C3CC12. The van der Waals surface area contributed by atoms with E-state index in [0.717, 1.165) is 0 Å². The highest BCUT2D eigenvalue weighted by molar-refractivity contribution is 5.20. The number of hydrogen-bond donors (Lipinski definition) is 0. The van der Waals surface area contributed by atoms with Crippen LogP contribution in [0.15, 0.2) is 0 Å². The van der Waals surface area contributed by atoms with Crippen LogP contribution >= 0.6 is 0 Å². The van der Waals surface area contributed by atoms with Gasteiger partial charge in [-0.25, -0.2) is 0 Å². The molecule has 4 heteroatoms. The summed E-state index contributed by atoms with van der Waals surface area (Å²) in [6, 6.07) is 0. The first-order valence-corrected chi connectivity index (χ1v) is 7.16. The lowest BCUT2D eigenvalue weighted by atomic mass is 9.79. The Balaban J connectivity index is 1.75. The van der Waals surface area contributed by atoms with Gasteiger partial charge in [-0.3, -0.25) is 0 Å². The maximum atomic E-state index is 6.38. The number of hydrogen-bond acceptors (Lipinski definition) is 4. The zero-order chi connectivity index (χ0) is 12.5. The fraction of sp³-hybridized carbons (Fsp3) is 1.00. The van der Waals surface area contributed by atoms with E-state index in [2.05, 4.69) is 27.7 Å². The summed E-state index contributed by atoms with van der Waals surface area (Å²) < 4.78 is 25.0. The smallest absolute Gasteiger partial charge is 0.180 e. The van der Waals surface area contributed by atoms with Crippen molar-refractivity contribution in [3.63, 3.8) is 0 Å². The van der Waals surface area contributed by atoms with Crippen molar-refractivity contribution in [3.8, 4) is 0 Å². The lowest BCUT2D eigenvalue weighted by Crippen LogP contribution is -2.54. The normalized spacial score (nSPS) is 70.8. The Morgan fingerprint density at radius 1 is 1.00 bits per heavy atom. The molecule has 4 aliphatic heterocycles. The molecule has 8 atom stereocenters. The molecule has 0 N–H and O–H groups in total. The molecule has 5 rings (SSSR count). The summed E-state index contributed by atoms with van der Waals surface area (Å²) in [4.78, 5) is 0. The molecule has 5 fully saturated rings. The van der Waals surface area contributed by atoms with Gasteiger partial charge in [0.1, 0.15) is 0 Å². The molecule has 0 aromatic heterocycles. The number of rotatable bonds is 1. The topological polar surface area (TPSA) is 36.9 Å². The lowest BCUT2D eigenvalue weighted by molar-refractivity contribution is -0.447. The molecule has 2 bridgehead atoms. The lowest BCUT2D eigenvalue weighted by Gasteiger charge is -2.46. The van der Waals surface area contributed by atoms with Gasteiger partial charge in [0.05, 0.1) is 0 Å². The monoisotopic (exact) mass is 252 g/mol. The Labute approximate surface area is 107 Å². The molecule has 0 spiro atoms. The van der Waals surface area contributed by atoms with Crippen molar-refractivity contribution in [3.05, 3.63) is 0 Å². The molecule has 0 amide bonds. The Bertz CT molecular complexity index is 451. The average Bonchev–Trinajstić information content (AvgIpc) is 2.83. The van der Waals surface area contributed by atoms with Crippen LogP contribution < -0.4 is 0 Å². The van der Waals surface area contributed by atoms with Crippen molar-refractivity contribution in [2.75, 3.05) is 0 Å². The molecule has 0 aromatic carbocycles. The molecule has 4 saturated heterocycles. The zero-order valence-electron chi connectivity index (χ0n) is 11.3. The van der Waals surface area contributed by atoms with E-state index in [1.165, 1.54) is 6.42 Å². The van der Waals surface area contributed by atoms with Crippen molar-refractivity contribution in [2.45, 2.75) is 57.8 Å². The van der Waals surface area contributed by atoms with Crippen LogP contribution in [0.5, 0.6) is 0 Å². The van der Waals surface area contributed by atoms with Crippen LogP contribution in [0, 0.1) is 29.6 Å². The third-order valence-corrected chi connectivity index (χ3v) is 6.11. The quantitative estimate of drug-likeness (QED) is 0.716. The van der Waals surface area contributed by atoms with Gasteiger partial charge >= 0.3 is 0 Å². The highest BCUT2D eigenvalue weighted by atomic mass is 16.9. The van der Waals surface area contributed by atoms with Crippen LogP contribution in [-0.2, 0) is 18.9 Å². The van der Waals surface area contributed by atoms with E-state index in [0.29, 0.717) is 29.6 Å². The van der Waals surface area contributed by atoms with Gasteiger partial charge in [0.2, 0.25) is 0 Å². The summed E-state index contributed by atoms with van der Waals surface area (Å²) in [5.41, 5.74) is 0. The molecule has 4 unspecified atom stereocenters. The van der Waals surface area contributed by atoms with Crippen LogP contribution in [-0.4, -0.2) is 23.7 Å². The van der Waals surface area contributed by atoms with Crippen LogP contribution in [0.25, 0.3) is 0 Å². The molecule has 5 aliphatic rings. The molecular weight excluding hydrogens is 232 g/mol. The maximum Gasteiger partial charge on any atom is 0.180 e. The first-order valence-electron chi connectivity index (χ1n) is 7.16. The third kappa shape index (κ3) is 0.805. The van der Waals surface area contributed by atoms with Gasteiger partial charge in [0.15, 0.2) is 23.7 Å². The zero-order valence-corrected chi connectivity index (χ0v) is 11.3. The fourth-order valence-corrected chi connectivity index (χ4v) is 5.73. The third-order valence-electron chi connectivity index (χ3n) is 6.11. The van der Waals surface area contributed by atoms with Gasteiger partial charge in [-0.1, -0.05) is 13.8 Å². The van der Waals surface area contributed by atoms with Gasteiger partial charge in [0.25, 0.3) is 0 Å². The molecule has 4 heterocycles. The molecule has 18 heavy (non-hydrogen) atoms.